The first-order valence-corrected chi connectivity index (χ1v) is 5.48. The first-order valence-electron chi connectivity index (χ1n) is 4.69. The zero-order valence-corrected chi connectivity index (χ0v) is 10.0. The van der Waals surface area contributed by atoms with E-state index in [0.29, 0.717) is 0 Å². The van der Waals surface area contributed by atoms with E-state index in [1.54, 1.807) is 0 Å². The van der Waals surface area contributed by atoms with Gasteiger partial charge >= 0.3 is 0 Å². The van der Waals surface area contributed by atoms with Crippen molar-refractivity contribution in [1.82, 2.24) is 5.01 Å². The Balaban J connectivity index is 2.72. The summed E-state index contributed by atoms with van der Waals surface area (Å²) >= 11 is 3.42. The van der Waals surface area contributed by atoms with Crippen LogP contribution in [0.2, 0.25) is 0 Å². The monoisotopic (exact) mass is 255 g/mol. The van der Waals surface area contributed by atoms with Crippen LogP contribution in [0.4, 0.5) is 5.69 Å². The average Bonchev–Trinajstić information content (AvgIpc) is 2.22. The summed E-state index contributed by atoms with van der Waals surface area (Å²) in [7, 11) is 0. The zero-order valence-electron chi connectivity index (χ0n) is 8.44. The largest absolute Gasteiger partial charge is 0.279 e. The topological polar surface area (TPSA) is 28.0 Å². The molecular formula is C10H14BrN3. The van der Waals surface area contributed by atoms with Crippen LogP contribution in [-0.2, 0) is 0 Å². The van der Waals surface area contributed by atoms with Crippen molar-refractivity contribution in [3.8, 4) is 0 Å². The molecule has 1 aromatic rings. The van der Waals surface area contributed by atoms with Crippen LogP contribution in [0.1, 0.15) is 13.8 Å². The number of hydrogen-bond acceptors (Lipinski definition) is 2. The SMILES string of the molecule is CCN(CC)N=Nc1ccccc1Br. The normalized spacial score (nSPS) is 10.8. The van der Waals surface area contributed by atoms with Crippen molar-refractivity contribution in [3.63, 3.8) is 0 Å². The molecule has 76 valence electrons. The van der Waals surface area contributed by atoms with Crippen LogP contribution in [-0.4, -0.2) is 18.1 Å². The Bertz CT molecular complexity index is 308. The molecule has 4 heteroatoms. The van der Waals surface area contributed by atoms with E-state index in [1.807, 2.05) is 29.3 Å². The lowest BCUT2D eigenvalue weighted by Gasteiger charge is -2.11. The van der Waals surface area contributed by atoms with Crippen molar-refractivity contribution in [3.05, 3.63) is 28.7 Å². The smallest absolute Gasteiger partial charge is 0.102 e. The number of benzene rings is 1. The molecule has 0 N–H and O–H groups in total. The Kier molecular flexibility index (Phi) is 4.59. The van der Waals surface area contributed by atoms with Crippen LogP contribution < -0.4 is 0 Å². The lowest BCUT2D eigenvalue weighted by Crippen LogP contribution is -2.14. The molecule has 1 rings (SSSR count). The van der Waals surface area contributed by atoms with Gasteiger partial charge in [0.05, 0.1) is 0 Å². The summed E-state index contributed by atoms with van der Waals surface area (Å²) in [5, 5.41) is 10.2. The van der Waals surface area contributed by atoms with Gasteiger partial charge in [-0.2, -0.15) is 0 Å². The van der Waals surface area contributed by atoms with Crippen molar-refractivity contribution in [1.29, 1.82) is 0 Å². The molecule has 0 unspecified atom stereocenters. The molecule has 0 amide bonds. The van der Waals surface area contributed by atoms with Crippen molar-refractivity contribution in [2.24, 2.45) is 10.3 Å². The van der Waals surface area contributed by atoms with Crippen LogP contribution in [0.15, 0.2) is 39.1 Å². The first kappa shape index (κ1) is 11.2. The molecule has 0 bridgehead atoms. The van der Waals surface area contributed by atoms with Crippen molar-refractivity contribution in [2.45, 2.75) is 13.8 Å². The maximum absolute atomic E-state index is 4.15. The van der Waals surface area contributed by atoms with Crippen LogP contribution in [0.5, 0.6) is 0 Å². The highest BCUT2D eigenvalue weighted by Gasteiger charge is 1.96. The van der Waals surface area contributed by atoms with Crippen molar-refractivity contribution < 1.29 is 0 Å². The Hall–Kier alpha value is -0.900. The van der Waals surface area contributed by atoms with Crippen molar-refractivity contribution >= 4 is 21.6 Å². The van der Waals surface area contributed by atoms with E-state index in [4.69, 9.17) is 0 Å². The molecule has 0 atom stereocenters. The van der Waals surface area contributed by atoms with Crippen molar-refractivity contribution in [2.75, 3.05) is 13.1 Å². The average molecular weight is 256 g/mol. The number of rotatable bonds is 4. The molecule has 0 saturated heterocycles. The highest BCUT2D eigenvalue weighted by atomic mass is 79.9. The molecule has 0 aliphatic rings. The number of halogens is 1. The first-order chi connectivity index (χ1) is 6.77. The van der Waals surface area contributed by atoms with Crippen LogP contribution in [0, 0.1) is 0 Å². The van der Waals surface area contributed by atoms with Gasteiger partial charge in [0.25, 0.3) is 0 Å². The molecule has 0 aromatic heterocycles. The lowest BCUT2D eigenvalue weighted by atomic mass is 10.3. The predicted octanol–water partition coefficient (Wildman–Crippen LogP) is 3.79. The molecule has 3 nitrogen and oxygen atoms in total. The number of nitrogens with zero attached hydrogens (tertiary/aromatic N) is 3. The van der Waals surface area contributed by atoms with Gasteiger partial charge in [0, 0.05) is 17.6 Å². The van der Waals surface area contributed by atoms with Gasteiger partial charge in [-0.05, 0) is 41.9 Å². The zero-order chi connectivity index (χ0) is 10.4. The van der Waals surface area contributed by atoms with Crippen LogP contribution in [0.3, 0.4) is 0 Å². The Labute approximate surface area is 92.9 Å². The standard InChI is InChI=1S/C10H14BrN3/c1-3-14(4-2)13-12-10-8-6-5-7-9(10)11/h5-8H,3-4H2,1-2H3. The lowest BCUT2D eigenvalue weighted by molar-refractivity contribution is 0.300. The summed E-state index contributed by atoms with van der Waals surface area (Å²) in [6.45, 7) is 5.88. The summed E-state index contributed by atoms with van der Waals surface area (Å²) in [6, 6.07) is 7.79. The van der Waals surface area contributed by atoms with Gasteiger partial charge in [0.15, 0.2) is 0 Å². The van der Waals surface area contributed by atoms with E-state index in [2.05, 4.69) is 40.1 Å². The highest BCUT2D eigenvalue weighted by Crippen LogP contribution is 2.24. The molecule has 1 aromatic carbocycles. The Morgan fingerprint density at radius 1 is 1.21 bits per heavy atom. The maximum atomic E-state index is 4.15. The second-order valence-electron chi connectivity index (χ2n) is 2.78. The Morgan fingerprint density at radius 2 is 1.86 bits per heavy atom. The van der Waals surface area contributed by atoms with E-state index in [1.165, 1.54) is 0 Å². The quantitative estimate of drug-likeness (QED) is 0.595. The third-order valence-electron chi connectivity index (χ3n) is 1.86. The Morgan fingerprint density at radius 3 is 2.43 bits per heavy atom. The minimum absolute atomic E-state index is 0.861. The molecule has 0 heterocycles. The molecule has 14 heavy (non-hydrogen) atoms. The molecule has 0 aliphatic carbocycles. The van der Waals surface area contributed by atoms with E-state index in [-0.39, 0.29) is 0 Å². The van der Waals surface area contributed by atoms with Gasteiger partial charge in [-0.15, -0.1) is 5.11 Å². The summed E-state index contributed by atoms with van der Waals surface area (Å²) in [5.74, 6) is 0. The van der Waals surface area contributed by atoms with Gasteiger partial charge in [-0.1, -0.05) is 17.4 Å². The highest BCUT2D eigenvalue weighted by molar-refractivity contribution is 9.10. The van der Waals surface area contributed by atoms with Gasteiger partial charge in [-0.25, -0.2) is 0 Å². The number of hydrogen-bond donors (Lipinski definition) is 0. The third-order valence-corrected chi connectivity index (χ3v) is 2.53. The van der Waals surface area contributed by atoms with Gasteiger partial charge in [0.2, 0.25) is 0 Å². The van der Waals surface area contributed by atoms with Crippen LogP contribution >= 0.6 is 15.9 Å². The van der Waals surface area contributed by atoms with Gasteiger partial charge < -0.3 is 0 Å². The van der Waals surface area contributed by atoms with E-state index < -0.39 is 0 Å². The van der Waals surface area contributed by atoms with E-state index in [9.17, 15) is 0 Å². The molecule has 0 spiro atoms. The maximum Gasteiger partial charge on any atom is 0.102 e. The fraction of sp³-hybridized carbons (Fsp3) is 0.400. The van der Waals surface area contributed by atoms with E-state index >= 15 is 0 Å². The summed E-state index contributed by atoms with van der Waals surface area (Å²) in [6.07, 6.45) is 0. The summed E-state index contributed by atoms with van der Waals surface area (Å²) in [5.41, 5.74) is 0.861. The summed E-state index contributed by atoms with van der Waals surface area (Å²) in [4.78, 5) is 0. The second kappa shape index (κ2) is 5.75. The molecular weight excluding hydrogens is 242 g/mol. The van der Waals surface area contributed by atoms with Gasteiger partial charge in [-0.3, -0.25) is 5.01 Å². The second-order valence-corrected chi connectivity index (χ2v) is 3.63. The summed E-state index contributed by atoms with van der Waals surface area (Å²) < 4.78 is 0.968. The van der Waals surface area contributed by atoms with Crippen LogP contribution in [0.25, 0.3) is 0 Å². The molecule has 0 saturated carbocycles. The molecule has 0 aliphatic heterocycles. The predicted molar refractivity (Wildman–Crippen MR) is 61.6 cm³/mol. The minimum atomic E-state index is 0.861. The molecule has 0 fully saturated rings. The minimum Gasteiger partial charge on any atom is -0.279 e. The fourth-order valence-electron chi connectivity index (χ4n) is 0.994. The van der Waals surface area contributed by atoms with Gasteiger partial charge in [0.1, 0.15) is 5.69 Å². The third kappa shape index (κ3) is 3.10. The fourth-order valence-corrected chi connectivity index (χ4v) is 1.36. The van der Waals surface area contributed by atoms with E-state index in [0.717, 1.165) is 23.2 Å². The molecule has 0 radical (unpaired) electrons.